The first kappa shape index (κ1) is 20.5. The molecule has 0 aliphatic rings. The van der Waals surface area contributed by atoms with Crippen molar-refractivity contribution in [3.8, 4) is 22.8 Å². The summed E-state index contributed by atoms with van der Waals surface area (Å²) >= 11 is 0. The highest BCUT2D eigenvalue weighted by Gasteiger charge is 2.33. The van der Waals surface area contributed by atoms with E-state index in [0.29, 0.717) is 24.5 Å². The molecule has 1 atom stereocenters. The first-order valence-electron chi connectivity index (χ1n) is 9.66. The van der Waals surface area contributed by atoms with E-state index in [1.165, 1.54) is 0 Å². The molecule has 2 aromatic carbocycles. The number of rotatable bonds is 10. The second kappa shape index (κ2) is 9.28. The molecule has 0 saturated heterocycles. The van der Waals surface area contributed by atoms with Crippen LogP contribution < -0.4 is 9.47 Å². The number of carboxylic acids is 1. The third-order valence-corrected chi connectivity index (χ3v) is 4.76. The smallest absolute Gasteiger partial charge is 0.347 e. The molecule has 6 heteroatoms. The summed E-state index contributed by atoms with van der Waals surface area (Å²) in [6.45, 7) is 3.87. The molecule has 1 N–H and O–H groups in total. The van der Waals surface area contributed by atoms with Crippen LogP contribution in [-0.4, -0.2) is 28.4 Å². The molecule has 3 rings (SSSR count). The van der Waals surface area contributed by atoms with Crippen LogP contribution in [0.4, 0.5) is 0 Å². The van der Waals surface area contributed by atoms with Gasteiger partial charge in [-0.2, -0.15) is 0 Å². The first-order chi connectivity index (χ1) is 14.0. The van der Waals surface area contributed by atoms with Gasteiger partial charge in [0.1, 0.15) is 23.0 Å². The number of aliphatic carboxylic acids is 1. The van der Waals surface area contributed by atoms with Gasteiger partial charge >= 0.3 is 5.97 Å². The average Bonchev–Trinajstić information content (AvgIpc) is 3.22. The molecular formula is C23H25NO5. The van der Waals surface area contributed by atoms with Gasteiger partial charge in [-0.05, 0) is 44.0 Å². The Labute approximate surface area is 170 Å². The number of carbonyl (C=O) groups is 1. The topological polar surface area (TPSA) is 81.8 Å². The predicted octanol–water partition coefficient (Wildman–Crippen LogP) is 4.99. The third-order valence-electron chi connectivity index (χ3n) is 4.76. The molecule has 1 heterocycles. The summed E-state index contributed by atoms with van der Waals surface area (Å²) in [5.41, 5.74) is 0.624. The minimum absolute atomic E-state index is 0.369. The van der Waals surface area contributed by atoms with Crippen LogP contribution in [-0.2, 0) is 11.2 Å². The monoisotopic (exact) mass is 395 g/mol. The zero-order valence-electron chi connectivity index (χ0n) is 16.6. The average molecular weight is 395 g/mol. The third kappa shape index (κ3) is 5.38. The van der Waals surface area contributed by atoms with Gasteiger partial charge in [0.05, 0.1) is 6.61 Å². The zero-order chi connectivity index (χ0) is 20.7. The SMILES string of the molecule is CCC(C)(Oc1ccc(OCCCc2cc(-c3ccccc3)no2)cc1)C(=O)O. The summed E-state index contributed by atoms with van der Waals surface area (Å²) < 4.78 is 16.8. The van der Waals surface area contributed by atoms with E-state index < -0.39 is 11.6 Å². The Bertz CT molecular complexity index is 920. The minimum Gasteiger partial charge on any atom is -0.494 e. The normalized spacial score (nSPS) is 12.9. The second-order valence-electron chi connectivity index (χ2n) is 6.96. The maximum absolute atomic E-state index is 11.3. The van der Waals surface area contributed by atoms with Gasteiger partial charge in [0.25, 0.3) is 0 Å². The molecular weight excluding hydrogens is 370 g/mol. The fourth-order valence-corrected chi connectivity index (χ4v) is 2.74. The lowest BCUT2D eigenvalue weighted by Crippen LogP contribution is -2.40. The van der Waals surface area contributed by atoms with Gasteiger partial charge in [-0.25, -0.2) is 4.79 Å². The summed E-state index contributed by atoms with van der Waals surface area (Å²) in [5.74, 6) is 1.04. The summed E-state index contributed by atoms with van der Waals surface area (Å²) in [6, 6.07) is 18.8. The highest BCUT2D eigenvalue weighted by Crippen LogP contribution is 2.24. The van der Waals surface area contributed by atoms with Crippen LogP contribution in [0.5, 0.6) is 11.5 Å². The van der Waals surface area contributed by atoms with Crippen LogP contribution in [0.25, 0.3) is 11.3 Å². The van der Waals surface area contributed by atoms with Crippen LogP contribution in [0.1, 0.15) is 32.4 Å². The van der Waals surface area contributed by atoms with Gasteiger partial charge in [-0.1, -0.05) is 42.4 Å². The molecule has 0 spiro atoms. The Hall–Kier alpha value is -3.28. The van der Waals surface area contributed by atoms with E-state index in [0.717, 1.165) is 29.9 Å². The van der Waals surface area contributed by atoms with Crippen LogP contribution in [0.2, 0.25) is 0 Å². The van der Waals surface area contributed by atoms with Crippen molar-refractivity contribution in [1.29, 1.82) is 0 Å². The highest BCUT2D eigenvalue weighted by atomic mass is 16.5. The molecule has 3 aromatic rings. The summed E-state index contributed by atoms with van der Waals surface area (Å²) in [5, 5.41) is 13.4. The maximum Gasteiger partial charge on any atom is 0.347 e. The van der Waals surface area contributed by atoms with Gasteiger partial charge < -0.3 is 19.1 Å². The number of hydrogen-bond acceptors (Lipinski definition) is 5. The molecule has 6 nitrogen and oxygen atoms in total. The maximum atomic E-state index is 11.3. The van der Waals surface area contributed by atoms with Crippen molar-refractivity contribution in [2.24, 2.45) is 0 Å². The van der Waals surface area contributed by atoms with Crippen molar-refractivity contribution in [1.82, 2.24) is 5.16 Å². The van der Waals surface area contributed by atoms with E-state index in [-0.39, 0.29) is 0 Å². The van der Waals surface area contributed by atoms with Gasteiger partial charge in [0.15, 0.2) is 0 Å². The molecule has 152 valence electrons. The Balaban J connectivity index is 1.45. The quantitative estimate of drug-likeness (QED) is 0.487. The number of hydrogen-bond donors (Lipinski definition) is 1. The van der Waals surface area contributed by atoms with Crippen LogP contribution >= 0.6 is 0 Å². The van der Waals surface area contributed by atoms with Crippen LogP contribution in [0.15, 0.2) is 65.2 Å². The largest absolute Gasteiger partial charge is 0.494 e. The highest BCUT2D eigenvalue weighted by molar-refractivity contribution is 5.77. The van der Waals surface area contributed by atoms with Gasteiger partial charge in [0.2, 0.25) is 5.60 Å². The number of aryl methyl sites for hydroxylation is 1. The Morgan fingerprint density at radius 3 is 2.45 bits per heavy atom. The minimum atomic E-state index is -1.24. The van der Waals surface area contributed by atoms with Crippen LogP contribution in [0.3, 0.4) is 0 Å². The summed E-state index contributed by atoms with van der Waals surface area (Å²) in [6.07, 6.45) is 1.89. The van der Waals surface area contributed by atoms with Gasteiger partial charge in [-0.15, -0.1) is 0 Å². The first-order valence-corrected chi connectivity index (χ1v) is 9.66. The summed E-state index contributed by atoms with van der Waals surface area (Å²) in [7, 11) is 0. The molecule has 0 radical (unpaired) electrons. The van der Waals surface area contributed by atoms with Crippen molar-refractivity contribution in [3.05, 3.63) is 66.4 Å². The fraction of sp³-hybridized carbons (Fsp3) is 0.304. The lowest BCUT2D eigenvalue weighted by molar-refractivity contribution is -0.154. The molecule has 29 heavy (non-hydrogen) atoms. The van der Waals surface area contributed by atoms with Crippen molar-refractivity contribution in [3.63, 3.8) is 0 Å². The summed E-state index contributed by atoms with van der Waals surface area (Å²) in [4.78, 5) is 11.3. The number of benzene rings is 2. The molecule has 1 aromatic heterocycles. The molecule has 0 saturated carbocycles. The van der Waals surface area contributed by atoms with Crippen molar-refractivity contribution < 1.29 is 23.9 Å². The molecule has 0 aliphatic heterocycles. The molecule has 0 amide bonds. The number of aromatic nitrogens is 1. The van der Waals surface area contributed by atoms with E-state index in [9.17, 15) is 9.90 Å². The number of ether oxygens (including phenoxy) is 2. The Morgan fingerprint density at radius 2 is 1.79 bits per heavy atom. The van der Waals surface area contributed by atoms with Crippen LogP contribution in [0, 0.1) is 0 Å². The Kier molecular flexibility index (Phi) is 6.54. The number of carboxylic acid groups (broad SMARTS) is 1. The van der Waals surface area contributed by atoms with E-state index in [2.05, 4.69) is 5.16 Å². The molecule has 0 aliphatic carbocycles. The van der Waals surface area contributed by atoms with Crippen molar-refractivity contribution >= 4 is 5.97 Å². The number of nitrogens with zero attached hydrogens (tertiary/aromatic N) is 1. The van der Waals surface area contributed by atoms with Crippen molar-refractivity contribution in [2.45, 2.75) is 38.7 Å². The van der Waals surface area contributed by atoms with Crippen molar-refractivity contribution in [2.75, 3.05) is 6.61 Å². The zero-order valence-corrected chi connectivity index (χ0v) is 16.6. The van der Waals surface area contributed by atoms with E-state index in [1.807, 2.05) is 36.4 Å². The molecule has 0 fully saturated rings. The second-order valence-corrected chi connectivity index (χ2v) is 6.96. The molecule has 1 unspecified atom stereocenters. The fourth-order valence-electron chi connectivity index (χ4n) is 2.74. The van der Waals surface area contributed by atoms with Gasteiger partial charge in [-0.3, -0.25) is 0 Å². The van der Waals surface area contributed by atoms with E-state index in [4.69, 9.17) is 14.0 Å². The standard InChI is InChI=1S/C23H25NO5/c1-3-23(2,22(25)26)28-19-13-11-18(12-14-19)27-15-7-10-20-16-21(24-29-20)17-8-5-4-6-9-17/h4-6,8-9,11-14,16H,3,7,10,15H2,1-2H3,(H,25,26). The van der Waals surface area contributed by atoms with Gasteiger partial charge in [0, 0.05) is 18.1 Å². The lowest BCUT2D eigenvalue weighted by Gasteiger charge is -2.24. The van der Waals surface area contributed by atoms with E-state index in [1.54, 1.807) is 38.1 Å². The molecule has 0 bridgehead atoms. The van der Waals surface area contributed by atoms with E-state index >= 15 is 0 Å². The Morgan fingerprint density at radius 1 is 1.10 bits per heavy atom. The predicted molar refractivity (Wildman–Crippen MR) is 109 cm³/mol. The lowest BCUT2D eigenvalue weighted by atomic mass is 10.0.